The summed E-state index contributed by atoms with van der Waals surface area (Å²) < 4.78 is 28.5. The second-order valence-corrected chi connectivity index (χ2v) is 4.72. The predicted octanol–water partition coefficient (Wildman–Crippen LogP) is 3.07. The summed E-state index contributed by atoms with van der Waals surface area (Å²) in [7, 11) is 0. The summed E-state index contributed by atoms with van der Waals surface area (Å²) >= 11 is 0. The topological polar surface area (TPSA) is 29.9 Å². The van der Waals surface area contributed by atoms with E-state index in [1.807, 2.05) is 24.7 Å². The molecule has 0 aliphatic heterocycles. The van der Waals surface area contributed by atoms with Crippen LogP contribution in [0.1, 0.15) is 31.0 Å². The van der Waals surface area contributed by atoms with Gasteiger partial charge in [-0.25, -0.2) is 8.78 Å². The van der Waals surface area contributed by atoms with Crippen LogP contribution < -0.4 is 5.32 Å². The Labute approximate surface area is 117 Å². The van der Waals surface area contributed by atoms with Gasteiger partial charge in [-0.15, -0.1) is 0 Å². The highest BCUT2D eigenvalue weighted by atomic mass is 19.1. The lowest BCUT2D eigenvalue weighted by Crippen LogP contribution is -2.23. The highest BCUT2D eigenvalue weighted by molar-refractivity contribution is 5.23. The molecule has 1 N–H and O–H groups in total. The molecule has 0 saturated heterocycles. The molecule has 5 heteroatoms. The van der Waals surface area contributed by atoms with E-state index >= 15 is 0 Å². The van der Waals surface area contributed by atoms with Crippen LogP contribution in [0.2, 0.25) is 0 Å². The quantitative estimate of drug-likeness (QED) is 0.880. The van der Waals surface area contributed by atoms with Gasteiger partial charge in [0.25, 0.3) is 0 Å². The van der Waals surface area contributed by atoms with Gasteiger partial charge in [0, 0.05) is 24.8 Å². The van der Waals surface area contributed by atoms with Crippen molar-refractivity contribution < 1.29 is 8.78 Å². The minimum atomic E-state index is -0.549. The molecule has 0 amide bonds. The number of likely N-dealkylation sites (N-methyl/N-ethyl adjacent to an activating group) is 1. The van der Waals surface area contributed by atoms with Gasteiger partial charge in [0.2, 0.25) is 0 Å². The molecule has 2 aromatic rings. The SMILES string of the molecule is CCNC(Cc1cnn(CC)c1)c1cc(F)cc(F)c1. The Hall–Kier alpha value is -1.75. The van der Waals surface area contributed by atoms with Gasteiger partial charge in [-0.2, -0.15) is 5.10 Å². The lowest BCUT2D eigenvalue weighted by molar-refractivity contribution is 0.529. The number of aryl methyl sites for hydroxylation is 1. The molecule has 0 fully saturated rings. The Morgan fingerprint density at radius 1 is 1.20 bits per heavy atom. The molecule has 3 nitrogen and oxygen atoms in total. The number of nitrogens with one attached hydrogen (secondary N) is 1. The van der Waals surface area contributed by atoms with Crippen molar-refractivity contribution >= 4 is 0 Å². The third-order valence-electron chi connectivity index (χ3n) is 3.19. The van der Waals surface area contributed by atoms with Crippen molar-refractivity contribution in [3.8, 4) is 0 Å². The molecule has 0 spiro atoms. The maximum absolute atomic E-state index is 13.3. The van der Waals surface area contributed by atoms with Gasteiger partial charge in [-0.1, -0.05) is 6.92 Å². The van der Waals surface area contributed by atoms with Crippen LogP contribution in [0, 0.1) is 11.6 Å². The van der Waals surface area contributed by atoms with Gasteiger partial charge in [0.15, 0.2) is 0 Å². The van der Waals surface area contributed by atoms with E-state index < -0.39 is 11.6 Å². The van der Waals surface area contributed by atoms with Gasteiger partial charge in [-0.05, 0) is 43.1 Å². The molecular formula is C15H19F2N3. The van der Waals surface area contributed by atoms with E-state index in [1.54, 1.807) is 6.20 Å². The fourth-order valence-corrected chi connectivity index (χ4v) is 2.25. The van der Waals surface area contributed by atoms with Gasteiger partial charge < -0.3 is 5.32 Å². The van der Waals surface area contributed by atoms with E-state index in [4.69, 9.17) is 0 Å². The van der Waals surface area contributed by atoms with E-state index in [1.165, 1.54) is 12.1 Å². The highest BCUT2D eigenvalue weighted by Crippen LogP contribution is 2.20. The summed E-state index contributed by atoms with van der Waals surface area (Å²) in [5, 5.41) is 7.48. The van der Waals surface area contributed by atoms with Gasteiger partial charge >= 0.3 is 0 Å². The van der Waals surface area contributed by atoms with Gasteiger partial charge in [-0.3, -0.25) is 4.68 Å². The van der Waals surface area contributed by atoms with Crippen LogP contribution in [0.5, 0.6) is 0 Å². The maximum atomic E-state index is 13.3. The third kappa shape index (κ3) is 3.63. The summed E-state index contributed by atoms with van der Waals surface area (Å²) in [5.41, 5.74) is 1.66. The number of hydrogen-bond acceptors (Lipinski definition) is 2. The monoisotopic (exact) mass is 279 g/mol. The fraction of sp³-hybridized carbons (Fsp3) is 0.400. The van der Waals surface area contributed by atoms with Crippen LogP contribution in [0.15, 0.2) is 30.6 Å². The second kappa shape index (κ2) is 6.61. The molecule has 0 saturated carbocycles. The number of aromatic nitrogens is 2. The first-order valence-electron chi connectivity index (χ1n) is 6.83. The number of nitrogens with zero attached hydrogens (tertiary/aromatic N) is 2. The zero-order valence-electron chi connectivity index (χ0n) is 11.7. The number of benzene rings is 1. The third-order valence-corrected chi connectivity index (χ3v) is 3.19. The summed E-state index contributed by atoms with van der Waals surface area (Å²) in [6.07, 6.45) is 4.40. The average Bonchev–Trinajstić information content (AvgIpc) is 2.85. The summed E-state index contributed by atoms with van der Waals surface area (Å²) in [5.74, 6) is -1.10. The maximum Gasteiger partial charge on any atom is 0.126 e. The number of halogens is 2. The number of rotatable bonds is 6. The summed E-state index contributed by atoms with van der Waals surface area (Å²) in [4.78, 5) is 0. The van der Waals surface area contributed by atoms with Crippen molar-refractivity contribution in [3.05, 3.63) is 53.4 Å². The van der Waals surface area contributed by atoms with E-state index in [0.29, 0.717) is 12.0 Å². The molecule has 0 radical (unpaired) electrons. The largest absolute Gasteiger partial charge is 0.310 e. The number of hydrogen-bond donors (Lipinski definition) is 1. The molecule has 1 atom stereocenters. The predicted molar refractivity (Wildman–Crippen MR) is 74.4 cm³/mol. The molecule has 0 bridgehead atoms. The Morgan fingerprint density at radius 3 is 2.45 bits per heavy atom. The van der Waals surface area contributed by atoms with Crippen LogP contribution in [0.25, 0.3) is 0 Å². The molecule has 1 aromatic heterocycles. The second-order valence-electron chi connectivity index (χ2n) is 4.72. The molecule has 108 valence electrons. The minimum Gasteiger partial charge on any atom is -0.310 e. The molecule has 0 aliphatic rings. The lowest BCUT2D eigenvalue weighted by Gasteiger charge is -2.18. The van der Waals surface area contributed by atoms with Gasteiger partial charge in [0.05, 0.1) is 6.20 Å². The first kappa shape index (κ1) is 14.7. The van der Waals surface area contributed by atoms with Crippen LogP contribution in [0.4, 0.5) is 8.78 Å². The average molecular weight is 279 g/mol. The zero-order chi connectivity index (χ0) is 14.5. The lowest BCUT2D eigenvalue weighted by atomic mass is 10.0. The van der Waals surface area contributed by atoms with Crippen LogP contribution in [0.3, 0.4) is 0 Å². The highest BCUT2D eigenvalue weighted by Gasteiger charge is 2.14. The van der Waals surface area contributed by atoms with Crippen LogP contribution in [-0.2, 0) is 13.0 Å². The first-order chi connectivity index (χ1) is 9.62. The standard InChI is InChI=1S/C15H19F2N3/c1-3-18-15(5-11-9-19-20(4-2)10-11)12-6-13(16)8-14(17)7-12/h6-10,15,18H,3-5H2,1-2H3. The molecule has 20 heavy (non-hydrogen) atoms. The molecule has 1 aromatic carbocycles. The molecule has 1 heterocycles. The van der Waals surface area contributed by atoms with Crippen molar-refractivity contribution in [2.75, 3.05) is 6.54 Å². The summed E-state index contributed by atoms with van der Waals surface area (Å²) in [6, 6.07) is 3.52. The van der Waals surface area contributed by atoms with Crippen LogP contribution >= 0.6 is 0 Å². The van der Waals surface area contributed by atoms with E-state index in [2.05, 4.69) is 10.4 Å². The van der Waals surface area contributed by atoms with E-state index in [0.717, 1.165) is 24.7 Å². The first-order valence-corrected chi connectivity index (χ1v) is 6.83. The van der Waals surface area contributed by atoms with Crippen molar-refractivity contribution in [1.82, 2.24) is 15.1 Å². The fourth-order valence-electron chi connectivity index (χ4n) is 2.25. The Morgan fingerprint density at radius 2 is 1.90 bits per heavy atom. The molecule has 0 aliphatic carbocycles. The zero-order valence-corrected chi connectivity index (χ0v) is 11.7. The summed E-state index contributed by atoms with van der Waals surface area (Å²) in [6.45, 7) is 5.52. The van der Waals surface area contributed by atoms with Crippen molar-refractivity contribution in [2.45, 2.75) is 32.9 Å². The van der Waals surface area contributed by atoms with Crippen LogP contribution in [-0.4, -0.2) is 16.3 Å². The normalized spacial score (nSPS) is 12.6. The van der Waals surface area contributed by atoms with Crippen molar-refractivity contribution in [2.24, 2.45) is 0 Å². The van der Waals surface area contributed by atoms with Crippen molar-refractivity contribution in [3.63, 3.8) is 0 Å². The smallest absolute Gasteiger partial charge is 0.126 e. The van der Waals surface area contributed by atoms with Gasteiger partial charge in [0.1, 0.15) is 11.6 Å². The Bertz CT molecular complexity index is 546. The minimum absolute atomic E-state index is 0.125. The van der Waals surface area contributed by atoms with E-state index in [9.17, 15) is 8.78 Å². The Kier molecular flexibility index (Phi) is 4.84. The molecular weight excluding hydrogens is 260 g/mol. The van der Waals surface area contributed by atoms with Crippen molar-refractivity contribution in [1.29, 1.82) is 0 Å². The molecule has 1 unspecified atom stereocenters. The Balaban J connectivity index is 2.21. The van der Waals surface area contributed by atoms with E-state index in [-0.39, 0.29) is 6.04 Å². The molecule has 2 rings (SSSR count).